The van der Waals surface area contributed by atoms with Gasteiger partial charge in [-0.1, -0.05) is 38.1 Å². The molecule has 46 heavy (non-hydrogen) atoms. The Hall–Kier alpha value is -4.97. The van der Waals surface area contributed by atoms with Gasteiger partial charge in [0.2, 0.25) is 5.91 Å². The molecule has 0 aliphatic carbocycles. The van der Waals surface area contributed by atoms with Crippen LogP contribution in [0.3, 0.4) is 0 Å². The fourth-order valence-corrected chi connectivity index (χ4v) is 6.75. The molecule has 2 aliphatic rings. The summed E-state index contributed by atoms with van der Waals surface area (Å²) in [6.45, 7) is 5.54. The number of piperazine rings is 1. The van der Waals surface area contributed by atoms with Crippen molar-refractivity contribution in [2.45, 2.75) is 32.7 Å². The average molecular weight is 650 g/mol. The molecule has 5 heterocycles. The summed E-state index contributed by atoms with van der Waals surface area (Å²) in [4.78, 5) is 62.8. The van der Waals surface area contributed by atoms with Crippen LogP contribution < -0.4 is 20.9 Å². The summed E-state index contributed by atoms with van der Waals surface area (Å²) >= 11 is 6.79. The number of amides is 2. The number of nitrogens with zero attached hydrogens (tertiary/aromatic N) is 6. The first kappa shape index (κ1) is 27.3. The molecule has 1 fully saturated rings. The molecule has 2 aliphatic heterocycles. The Balaban J connectivity index is 1.84. The summed E-state index contributed by atoms with van der Waals surface area (Å²) in [6.07, 6.45) is 1.09. The second kappa shape index (κ2) is 11.1. The van der Waals surface area contributed by atoms with E-state index in [0.717, 1.165) is 16.7 Å². The molecular weight excluding hydrogens is 615 g/mol. The van der Waals surface area contributed by atoms with Gasteiger partial charge in [-0.15, -0.1) is 0 Å². The number of aryl methyl sites for hydroxylation is 1. The molecule has 0 bridgehead atoms. The van der Waals surface area contributed by atoms with Gasteiger partial charge in [0, 0.05) is 48.4 Å². The normalized spacial score (nSPS) is 17.5. The Morgan fingerprint density at radius 2 is 1.93 bits per heavy atom. The molecule has 1 atom stereocenters. The highest BCUT2D eigenvalue weighted by Gasteiger charge is 2.44. The van der Waals surface area contributed by atoms with Crippen molar-refractivity contribution >= 4 is 45.8 Å². The van der Waals surface area contributed by atoms with E-state index in [1.165, 1.54) is 40.8 Å². The number of rotatable bonds is 4. The van der Waals surface area contributed by atoms with E-state index in [1.807, 2.05) is 13.8 Å². The van der Waals surface area contributed by atoms with Gasteiger partial charge < -0.3 is 24.4 Å². The number of hydrogen-bond donors (Lipinski definition) is 1. The molecule has 0 spiro atoms. The van der Waals surface area contributed by atoms with Crippen LogP contribution in [0.2, 0.25) is 5.02 Å². The lowest BCUT2D eigenvalue weighted by Gasteiger charge is -2.47. The molecule has 4 aromatic rings. The lowest BCUT2D eigenvalue weighted by atomic mass is 9.99. The van der Waals surface area contributed by atoms with E-state index in [-0.39, 0.29) is 69.8 Å². The van der Waals surface area contributed by atoms with Crippen LogP contribution in [-0.2, 0) is 16.6 Å². The molecule has 2 amide bonds. The van der Waals surface area contributed by atoms with Gasteiger partial charge in [0.1, 0.15) is 23.3 Å². The van der Waals surface area contributed by atoms with Gasteiger partial charge in [0.25, 0.3) is 17.0 Å². The van der Waals surface area contributed by atoms with Gasteiger partial charge in [-0.3, -0.25) is 23.7 Å². The zero-order valence-corrected chi connectivity index (χ0v) is 26.2. The Bertz CT molecular complexity index is 2210. The van der Waals surface area contributed by atoms with Gasteiger partial charge in [-0.05, 0) is 42.7 Å². The van der Waals surface area contributed by atoms with E-state index in [1.54, 1.807) is 11.8 Å². The standard InChI is InChI=1S/C33H32ClFN6O5/c1-7-23(43)39-11-12-40-21(15-39)32(45)38(6)30-29(40)18-14-19(34)26(25-20(35)9-8-10-22(25)42)36-31(18)41(33(30)46)28-17(4)13-24(44)37(5)27(28)16(2)3/h7-10,13-14,16,21,42H,1,11-12,15H2,2-6H3/t21-/m1/s1/i6D3. The lowest BCUT2D eigenvalue weighted by Crippen LogP contribution is -2.63. The third kappa shape index (κ3) is 4.50. The van der Waals surface area contributed by atoms with Gasteiger partial charge >= 0.3 is 0 Å². The van der Waals surface area contributed by atoms with Crippen molar-refractivity contribution in [2.75, 3.05) is 36.4 Å². The third-order valence-electron chi connectivity index (χ3n) is 8.58. The molecule has 3 aromatic heterocycles. The second-order valence-electron chi connectivity index (χ2n) is 11.6. The fourth-order valence-electron chi connectivity index (χ4n) is 6.51. The first-order valence-electron chi connectivity index (χ1n) is 16.0. The van der Waals surface area contributed by atoms with Crippen LogP contribution in [0.5, 0.6) is 5.75 Å². The zero-order chi connectivity index (χ0) is 35.9. The molecule has 1 N–H and O–H groups in total. The van der Waals surface area contributed by atoms with Crippen LogP contribution in [0.25, 0.3) is 28.0 Å². The average Bonchev–Trinajstić information content (AvgIpc) is 3.02. The van der Waals surface area contributed by atoms with Crippen LogP contribution in [0.15, 0.2) is 52.6 Å². The highest BCUT2D eigenvalue weighted by atomic mass is 35.5. The number of hydrogen-bond acceptors (Lipinski definition) is 7. The number of benzene rings is 1. The molecule has 13 heteroatoms. The maximum atomic E-state index is 15.3. The maximum Gasteiger partial charge on any atom is 0.283 e. The molecule has 0 unspecified atom stereocenters. The molecule has 238 valence electrons. The summed E-state index contributed by atoms with van der Waals surface area (Å²) in [5.74, 6) is -3.05. The minimum atomic E-state index is -3.15. The first-order chi connectivity index (χ1) is 23.0. The van der Waals surface area contributed by atoms with Crippen LogP contribution in [0.1, 0.15) is 35.1 Å². The molecule has 1 aromatic carbocycles. The Kier molecular flexibility index (Phi) is 6.62. The van der Waals surface area contributed by atoms with Crippen molar-refractivity contribution in [2.24, 2.45) is 7.05 Å². The fraction of sp³-hybridized carbons (Fsp3) is 0.303. The largest absolute Gasteiger partial charge is 0.507 e. The molecule has 11 nitrogen and oxygen atoms in total. The summed E-state index contributed by atoms with van der Waals surface area (Å²) in [5.41, 5.74) is -1.43. The number of fused-ring (bicyclic) bond motifs is 5. The first-order valence-corrected chi connectivity index (χ1v) is 14.9. The minimum Gasteiger partial charge on any atom is -0.507 e. The number of carbonyl (C=O) groups is 2. The minimum absolute atomic E-state index is 0.0277. The van der Waals surface area contributed by atoms with Crippen molar-refractivity contribution in [1.82, 2.24) is 19.0 Å². The van der Waals surface area contributed by atoms with Gasteiger partial charge in [0.05, 0.1) is 34.2 Å². The lowest BCUT2D eigenvalue weighted by molar-refractivity contribution is -0.128. The smallest absolute Gasteiger partial charge is 0.283 e. The number of likely N-dealkylation sites (N-methyl/N-ethyl adjacent to an activating group) is 1. The number of pyridine rings is 3. The summed E-state index contributed by atoms with van der Waals surface area (Å²) in [5, 5.41) is 10.7. The van der Waals surface area contributed by atoms with Crippen LogP contribution in [-0.4, -0.2) is 68.6 Å². The Morgan fingerprint density at radius 3 is 2.59 bits per heavy atom. The van der Waals surface area contributed by atoms with Gasteiger partial charge in [-0.25, -0.2) is 9.37 Å². The topological polar surface area (TPSA) is 121 Å². The van der Waals surface area contributed by atoms with Crippen molar-refractivity contribution in [3.63, 3.8) is 0 Å². The van der Waals surface area contributed by atoms with E-state index in [4.69, 9.17) is 20.7 Å². The van der Waals surface area contributed by atoms with Crippen molar-refractivity contribution in [1.29, 1.82) is 0 Å². The number of phenols is 1. The van der Waals surface area contributed by atoms with E-state index >= 15 is 9.18 Å². The highest BCUT2D eigenvalue weighted by molar-refractivity contribution is 6.34. The highest BCUT2D eigenvalue weighted by Crippen LogP contribution is 2.44. The Labute approximate surface area is 272 Å². The predicted octanol–water partition coefficient (Wildman–Crippen LogP) is 3.86. The monoisotopic (exact) mass is 649 g/mol. The molecule has 6 rings (SSSR count). The van der Waals surface area contributed by atoms with E-state index < -0.39 is 47.6 Å². The third-order valence-corrected chi connectivity index (χ3v) is 8.87. The summed E-state index contributed by atoms with van der Waals surface area (Å²) in [7, 11) is 1.53. The maximum absolute atomic E-state index is 15.3. The van der Waals surface area contributed by atoms with Crippen molar-refractivity contribution < 1.29 is 23.2 Å². The molecule has 0 radical (unpaired) electrons. The predicted molar refractivity (Wildman–Crippen MR) is 175 cm³/mol. The van der Waals surface area contributed by atoms with Crippen LogP contribution in [0.4, 0.5) is 15.8 Å². The van der Waals surface area contributed by atoms with Crippen LogP contribution in [0, 0.1) is 12.7 Å². The molecule has 1 saturated heterocycles. The summed E-state index contributed by atoms with van der Waals surface area (Å²) < 4.78 is 43.0. The van der Waals surface area contributed by atoms with Crippen molar-refractivity contribution in [3.05, 3.63) is 85.8 Å². The Morgan fingerprint density at radius 1 is 1.20 bits per heavy atom. The van der Waals surface area contributed by atoms with Gasteiger partial charge in [-0.2, -0.15) is 0 Å². The number of aromatic nitrogens is 3. The van der Waals surface area contributed by atoms with E-state index in [0.29, 0.717) is 16.2 Å². The number of phenolic OH excluding ortho intramolecular Hbond substituents is 1. The summed E-state index contributed by atoms with van der Waals surface area (Å²) in [6, 6.07) is 5.16. The van der Waals surface area contributed by atoms with Crippen LogP contribution >= 0.6 is 11.6 Å². The number of halogens is 2. The molecule has 0 saturated carbocycles. The number of carbonyl (C=O) groups excluding carboxylic acids is 2. The van der Waals surface area contributed by atoms with Crippen molar-refractivity contribution in [3.8, 4) is 22.7 Å². The number of aromatic hydroxyl groups is 1. The van der Waals surface area contributed by atoms with E-state index in [2.05, 4.69) is 6.58 Å². The molecular formula is C33H32ClFN6O5. The number of anilines is 2. The van der Waals surface area contributed by atoms with E-state index in [9.17, 15) is 19.5 Å². The quantitative estimate of drug-likeness (QED) is 0.333. The second-order valence-corrected chi connectivity index (χ2v) is 12.1. The van der Waals surface area contributed by atoms with Gasteiger partial charge in [0.15, 0.2) is 5.65 Å². The zero-order valence-electron chi connectivity index (χ0n) is 28.5. The SMILES string of the molecule is [2H]C([2H])([2H])N1C(=O)[C@H]2CN(C(=O)C=C)CCN2c2c1c(=O)n(-c1c(C)cc(=O)n(C)c1C(C)C)c1nc(-c3c(O)cccc3F)c(Cl)cc21.